The minimum atomic E-state index is 0.129. The molecular formula is C16H20N4O. The molecule has 0 fully saturated rings. The maximum absolute atomic E-state index is 6.05. The Bertz CT molecular complexity index is 744. The van der Waals surface area contributed by atoms with E-state index in [9.17, 15) is 0 Å². The zero-order valence-corrected chi connectivity index (χ0v) is 12.6. The molecule has 21 heavy (non-hydrogen) atoms. The average Bonchev–Trinajstić information content (AvgIpc) is 3.07. The van der Waals surface area contributed by atoms with Gasteiger partial charge in [-0.3, -0.25) is 4.68 Å². The van der Waals surface area contributed by atoms with Crippen LogP contribution >= 0.6 is 0 Å². The van der Waals surface area contributed by atoms with E-state index in [2.05, 4.69) is 41.4 Å². The molecule has 0 aliphatic heterocycles. The van der Waals surface area contributed by atoms with Gasteiger partial charge in [-0.2, -0.15) is 5.10 Å². The number of aromatic nitrogens is 3. The SMILES string of the molecule is CCc1c([C@@H](C)NCc2ncnn2C)oc2ccccc12. The van der Waals surface area contributed by atoms with Crippen molar-refractivity contribution in [3.63, 3.8) is 0 Å². The molecule has 3 aromatic rings. The number of hydrogen-bond acceptors (Lipinski definition) is 4. The van der Waals surface area contributed by atoms with Crippen molar-refractivity contribution in [2.75, 3.05) is 0 Å². The third-order valence-electron chi connectivity index (χ3n) is 3.85. The van der Waals surface area contributed by atoms with Crippen molar-refractivity contribution in [2.45, 2.75) is 32.9 Å². The summed E-state index contributed by atoms with van der Waals surface area (Å²) in [5.41, 5.74) is 2.24. The fourth-order valence-electron chi connectivity index (χ4n) is 2.65. The summed E-state index contributed by atoms with van der Waals surface area (Å²) in [7, 11) is 1.90. The van der Waals surface area contributed by atoms with Crippen LogP contribution in [0, 0.1) is 0 Å². The molecule has 1 aromatic carbocycles. The highest BCUT2D eigenvalue weighted by Gasteiger charge is 2.18. The number of hydrogen-bond donors (Lipinski definition) is 1. The van der Waals surface area contributed by atoms with Gasteiger partial charge in [0.15, 0.2) is 0 Å². The highest BCUT2D eigenvalue weighted by Crippen LogP contribution is 2.30. The second kappa shape index (κ2) is 5.69. The molecule has 0 spiro atoms. The molecule has 1 N–H and O–H groups in total. The van der Waals surface area contributed by atoms with E-state index >= 15 is 0 Å². The summed E-state index contributed by atoms with van der Waals surface area (Å²) in [4.78, 5) is 4.23. The molecule has 0 saturated heterocycles. The van der Waals surface area contributed by atoms with Crippen LogP contribution in [0.15, 0.2) is 35.0 Å². The molecule has 0 radical (unpaired) electrons. The molecule has 3 rings (SSSR count). The molecule has 0 unspecified atom stereocenters. The molecule has 5 heteroatoms. The molecule has 110 valence electrons. The quantitative estimate of drug-likeness (QED) is 0.782. The molecule has 0 bridgehead atoms. The number of nitrogens with zero attached hydrogens (tertiary/aromatic N) is 3. The van der Waals surface area contributed by atoms with Crippen molar-refractivity contribution in [2.24, 2.45) is 7.05 Å². The lowest BCUT2D eigenvalue weighted by atomic mass is 10.1. The first-order chi connectivity index (χ1) is 10.2. The van der Waals surface area contributed by atoms with Crippen molar-refractivity contribution in [1.82, 2.24) is 20.1 Å². The van der Waals surface area contributed by atoms with Gasteiger partial charge in [-0.25, -0.2) is 4.98 Å². The molecule has 0 aliphatic rings. The normalized spacial score (nSPS) is 12.9. The van der Waals surface area contributed by atoms with Crippen molar-refractivity contribution >= 4 is 11.0 Å². The van der Waals surface area contributed by atoms with Crippen molar-refractivity contribution in [3.8, 4) is 0 Å². The highest BCUT2D eigenvalue weighted by molar-refractivity contribution is 5.82. The summed E-state index contributed by atoms with van der Waals surface area (Å²) >= 11 is 0. The third kappa shape index (κ3) is 2.56. The fourth-order valence-corrected chi connectivity index (χ4v) is 2.65. The molecule has 2 heterocycles. The Morgan fingerprint density at radius 1 is 1.33 bits per heavy atom. The van der Waals surface area contributed by atoms with E-state index in [0.717, 1.165) is 23.6 Å². The van der Waals surface area contributed by atoms with Crippen LogP contribution < -0.4 is 5.32 Å². The molecule has 0 amide bonds. The molecular weight excluding hydrogens is 264 g/mol. The lowest BCUT2D eigenvalue weighted by molar-refractivity contribution is 0.438. The number of benzene rings is 1. The van der Waals surface area contributed by atoms with Crippen LogP contribution in [0.4, 0.5) is 0 Å². The summed E-state index contributed by atoms with van der Waals surface area (Å²) in [6.07, 6.45) is 2.53. The first-order valence-corrected chi connectivity index (χ1v) is 7.27. The van der Waals surface area contributed by atoms with Crippen LogP contribution in [0.5, 0.6) is 0 Å². The standard InChI is InChI=1S/C16H20N4O/c1-4-12-13-7-5-6-8-14(13)21-16(12)11(2)17-9-15-18-10-19-20(15)3/h5-8,10-11,17H,4,9H2,1-3H3/t11-/m1/s1. The second-order valence-electron chi connectivity index (χ2n) is 5.20. The van der Waals surface area contributed by atoms with Gasteiger partial charge in [0.1, 0.15) is 23.5 Å². The predicted octanol–water partition coefficient (Wildman–Crippen LogP) is 2.97. The Morgan fingerprint density at radius 3 is 2.86 bits per heavy atom. The van der Waals surface area contributed by atoms with Gasteiger partial charge in [0, 0.05) is 18.0 Å². The maximum atomic E-state index is 6.05. The van der Waals surface area contributed by atoms with E-state index in [1.54, 1.807) is 11.0 Å². The van der Waals surface area contributed by atoms with Gasteiger partial charge < -0.3 is 9.73 Å². The topological polar surface area (TPSA) is 55.9 Å². The van der Waals surface area contributed by atoms with Gasteiger partial charge in [0.05, 0.1) is 12.6 Å². The van der Waals surface area contributed by atoms with E-state index in [1.807, 2.05) is 19.2 Å². The minimum Gasteiger partial charge on any atom is -0.459 e. The number of aryl methyl sites for hydroxylation is 2. The first kappa shape index (κ1) is 13.8. The zero-order valence-electron chi connectivity index (χ0n) is 12.6. The second-order valence-corrected chi connectivity index (χ2v) is 5.20. The van der Waals surface area contributed by atoms with E-state index < -0.39 is 0 Å². The monoisotopic (exact) mass is 284 g/mol. The van der Waals surface area contributed by atoms with E-state index in [0.29, 0.717) is 6.54 Å². The minimum absolute atomic E-state index is 0.129. The molecule has 5 nitrogen and oxygen atoms in total. The smallest absolute Gasteiger partial charge is 0.140 e. The summed E-state index contributed by atoms with van der Waals surface area (Å²) in [5, 5.41) is 8.75. The van der Waals surface area contributed by atoms with Crippen LogP contribution in [-0.2, 0) is 20.0 Å². The third-order valence-corrected chi connectivity index (χ3v) is 3.85. The van der Waals surface area contributed by atoms with Gasteiger partial charge in [0.25, 0.3) is 0 Å². The summed E-state index contributed by atoms with van der Waals surface area (Å²) in [6.45, 7) is 4.95. The van der Waals surface area contributed by atoms with Crippen LogP contribution in [0.25, 0.3) is 11.0 Å². The molecule has 0 saturated carbocycles. The van der Waals surface area contributed by atoms with E-state index in [-0.39, 0.29) is 6.04 Å². The largest absolute Gasteiger partial charge is 0.459 e. The molecule has 2 aromatic heterocycles. The summed E-state index contributed by atoms with van der Waals surface area (Å²) in [6, 6.07) is 8.33. The van der Waals surface area contributed by atoms with Crippen molar-refractivity contribution in [1.29, 1.82) is 0 Å². The van der Waals surface area contributed by atoms with Crippen molar-refractivity contribution < 1.29 is 4.42 Å². The number of para-hydroxylation sites is 1. The van der Waals surface area contributed by atoms with Crippen LogP contribution in [0.2, 0.25) is 0 Å². The van der Waals surface area contributed by atoms with E-state index in [4.69, 9.17) is 4.42 Å². The molecule has 1 atom stereocenters. The summed E-state index contributed by atoms with van der Waals surface area (Å²) < 4.78 is 7.82. The van der Waals surface area contributed by atoms with Crippen LogP contribution in [0.1, 0.15) is 37.0 Å². The van der Waals surface area contributed by atoms with Gasteiger partial charge in [-0.15, -0.1) is 0 Å². The van der Waals surface area contributed by atoms with Gasteiger partial charge in [-0.05, 0) is 19.4 Å². The predicted molar refractivity (Wildman–Crippen MR) is 81.8 cm³/mol. The number of fused-ring (bicyclic) bond motifs is 1. The average molecular weight is 284 g/mol. The van der Waals surface area contributed by atoms with Crippen LogP contribution in [-0.4, -0.2) is 14.8 Å². The van der Waals surface area contributed by atoms with Crippen molar-refractivity contribution in [3.05, 3.63) is 47.7 Å². The van der Waals surface area contributed by atoms with Crippen LogP contribution in [0.3, 0.4) is 0 Å². The Morgan fingerprint density at radius 2 is 2.14 bits per heavy atom. The Hall–Kier alpha value is -2.14. The number of nitrogens with one attached hydrogen (secondary N) is 1. The Balaban J connectivity index is 1.84. The highest BCUT2D eigenvalue weighted by atomic mass is 16.3. The van der Waals surface area contributed by atoms with Gasteiger partial charge >= 0.3 is 0 Å². The summed E-state index contributed by atoms with van der Waals surface area (Å²) in [5.74, 6) is 1.93. The van der Waals surface area contributed by atoms with E-state index in [1.165, 1.54) is 10.9 Å². The molecule has 0 aliphatic carbocycles. The van der Waals surface area contributed by atoms with Gasteiger partial charge in [0.2, 0.25) is 0 Å². The zero-order chi connectivity index (χ0) is 14.8. The lowest BCUT2D eigenvalue weighted by Crippen LogP contribution is -2.20. The fraction of sp³-hybridized carbons (Fsp3) is 0.375. The number of rotatable bonds is 5. The maximum Gasteiger partial charge on any atom is 0.140 e. The Kier molecular flexibility index (Phi) is 3.75. The van der Waals surface area contributed by atoms with Gasteiger partial charge in [-0.1, -0.05) is 25.1 Å². The first-order valence-electron chi connectivity index (χ1n) is 7.27. The lowest BCUT2D eigenvalue weighted by Gasteiger charge is -2.12. The number of furan rings is 1. The Labute approximate surface area is 124 Å².